The summed E-state index contributed by atoms with van der Waals surface area (Å²) in [6.07, 6.45) is -0.0369. The molecule has 0 aliphatic carbocycles. The van der Waals surface area contributed by atoms with Crippen molar-refractivity contribution >= 4 is 52.1 Å². The number of aliphatic imine (C=N–C) groups is 1. The molecule has 3 aromatic rings. The van der Waals surface area contributed by atoms with Crippen LogP contribution >= 0.6 is 34.5 Å². The molecule has 0 saturated carbocycles. The number of hydrazine groups is 1. The molecule has 2 amide bonds. The second-order valence-electron chi connectivity index (χ2n) is 7.34. The van der Waals surface area contributed by atoms with E-state index in [9.17, 15) is 9.59 Å². The number of thiophene rings is 1. The molecule has 3 heterocycles. The van der Waals surface area contributed by atoms with Gasteiger partial charge in [-0.2, -0.15) is 0 Å². The zero-order valence-corrected chi connectivity index (χ0v) is 19.9. The van der Waals surface area contributed by atoms with Crippen LogP contribution in [0.5, 0.6) is 0 Å². The third-order valence-corrected chi connectivity index (χ3v) is 6.89. The normalized spacial score (nSPS) is 14.8. The van der Waals surface area contributed by atoms with E-state index in [0.29, 0.717) is 16.7 Å². The fourth-order valence-electron chi connectivity index (χ4n) is 3.53. The summed E-state index contributed by atoms with van der Waals surface area (Å²) in [7, 11) is 0. The minimum absolute atomic E-state index is 0.0369. The van der Waals surface area contributed by atoms with E-state index in [0.717, 1.165) is 32.3 Å². The number of fused-ring (bicyclic) bond motifs is 3. The molecule has 8 nitrogen and oxygen atoms in total. The van der Waals surface area contributed by atoms with Gasteiger partial charge in [-0.15, -0.1) is 33.1 Å². The molecule has 0 bridgehead atoms. The maximum atomic E-state index is 12.6. The van der Waals surface area contributed by atoms with Gasteiger partial charge in [-0.05, 0) is 38.5 Å². The Bertz CT molecular complexity index is 1230. The third kappa shape index (κ3) is 4.15. The smallest absolute Gasteiger partial charge is 0.253 e. The molecule has 32 heavy (non-hydrogen) atoms. The summed E-state index contributed by atoms with van der Waals surface area (Å²) in [6.45, 7) is 6.00. The van der Waals surface area contributed by atoms with Crippen molar-refractivity contribution in [1.29, 1.82) is 0 Å². The van der Waals surface area contributed by atoms with E-state index in [1.807, 2.05) is 35.8 Å². The minimum Gasteiger partial charge on any atom is -0.273 e. The van der Waals surface area contributed by atoms with Crippen molar-refractivity contribution in [2.24, 2.45) is 4.99 Å². The molecule has 1 aliphatic heterocycles. The number of nitrogens with one attached hydrogen (secondary N) is 2. The highest BCUT2D eigenvalue weighted by Gasteiger charge is 2.32. The first-order valence-electron chi connectivity index (χ1n) is 9.80. The Hall–Kier alpha value is -2.75. The van der Waals surface area contributed by atoms with Crippen LogP contribution in [0.15, 0.2) is 29.3 Å². The molecule has 11 heteroatoms. The first-order valence-corrected chi connectivity index (χ1v) is 11.5. The van der Waals surface area contributed by atoms with E-state index < -0.39 is 17.9 Å². The van der Waals surface area contributed by atoms with E-state index in [-0.39, 0.29) is 12.3 Å². The van der Waals surface area contributed by atoms with E-state index in [2.05, 4.69) is 34.9 Å². The van der Waals surface area contributed by atoms with Crippen LogP contribution in [-0.2, 0) is 9.59 Å². The number of carbonyl (C=O) groups excluding carboxylic acids is 2. The van der Waals surface area contributed by atoms with Crippen LogP contribution in [0.4, 0.5) is 0 Å². The number of carbonyl (C=O) groups is 2. The number of hydrogen-bond acceptors (Lipinski definition) is 6. The van der Waals surface area contributed by atoms with Crippen molar-refractivity contribution in [1.82, 2.24) is 25.6 Å². The van der Waals surface area contributed by atoms with Crippen molar-refractivity contribution in [3.63, 3.8) is 0 Å². The highest BCUT2D eigenvalue weighted by molar-refractivity contribution is 7.15. The molecule has 0 fully saturated rings. The van der Waals surface area contributed by atoms with Crippen LogP contribution in [0, 0.1) is 20.8 Å². The Morgan fingerprint density at radius 2 is 1.78 bits per heavy atom. The van der Waals surface area contributed by atoms with Crippen LogP contribution in [0.25, 0.3) is 5.00 Å². The third-order valence-electron chi connectivity index (χ3n) is 5.20. The van der Waals surface area contributed by atoms with Crippen molar-refractivity contribution < 1.29 is 9.59 Å². The monoisotopic (exact) mass is 490 g/mol. The average molecular weight is 491 g/mol. The predicted octanol–water partition coefficient (Wildman–Crippen LogP) is 3.58. The van der Waals surface area contributed by atoms with Gasteiger partial charge in [0.25, 0.3) is 5.91 Å². The van der Waals surface area contributed by atoms with Gasteiger partial charge in [-0.1, -0.05) is 23.7 Å². The van der Waals surface area contributed by atoms with Crippen LogP contribution in [0.3, 0.4) is 0 Å². The zero-order chi connectivity index (χ0) is 23.0. The topological polar surface area (TPSA) is 101 Å². The summed E-state index contributed by atoms with van der Waals surface area (Å²) in [5, 5.41) is 10.2. The highest BCUT2D eigenvalue weighted by atomic mass is 35.5. The molecular weight excluding hydrogens is 471 g/mol. The van der Waals surface area contributed by atoms with Crippen molar-refractivity contribution in [3.05, 3.63) is 62.5 Å². The summed E-state index contributed by atoms with van der Waals surface area (Å²) in [5.41, 5.74) is 8.37. The SMILES string of the molecule is Cc1sc2c(c1C)C(c1ccc(Cl)cc1)=N[C@@H](CC(=O)NNC(=O)CCl)c1nnc(C)n1-2. The first kappa shape index (κ1) is 22.4. The number of amides is 2. The van der Waals surface area contributed by atoms with Gasteiger partial charge >= 0.3 is 0 Å². The number of aryl methyl sites for hydroxylation is 2. The molecule has 0 saturated heterocycles. The number of hydrogen-bond donors (Lipinski definition) is 2. The lowest BCUT2D eigenvalue weighted by molar-refractivity contribution is -0.127. The Morgan fingerprint density at radius 3 is 2.47 bits per heavy atom. The summed E-state index contributed by atoms with van der Waals surface area (Å²) < 4.78 is 1.96. The molecule has 1 aromatic carbocycles. The summed E-state index contributed by atoms with van der Waals surface area (Å²) >= 11 is 13.2. The van der Waals surface area contributed by atoms with Gasteiger partial charge in [0.05, 0.1) is 12.1 Å². The maximum Gasteiger partial charge on any atom is 0.253 e. The van der Waals surface area contributed by atoms with Crippen LogP contribution in [0.2, 0.25) is 5.02 Å². The number of aromatic nitrogens is 3. The molecule has 2 N–H and O–H groups in total. The van der Waals surface area contributed by atoms with E-state index in [1.54, 1.807) is 11.3 Å². The molecule has 166 valence electrons. The van der Waals surface area contributed by atoms with Gasteiger partial charge in [0, 0.05) is 21.0 Å². The van der Waals surface area contributed by atoms with Crippen molar-refractivity contribution in [2.45, 2.75) is 33.2 Å². The fraction of sp³-hybridized carbons (Fsp3) is 0.286. The lowest BCUT2D eigenvalue weighted by Gasteiger charge is -2.13. The highest BCUT2D eigenvalue weighted by Crippen LogP contribution is 2.39. The van der Waals surface area contributed by atoms with Crippen molar-refractivity contribution in [3.8, 4) is 5.00 Å². The van der Waals surface area contributed by atoms with Crippen molar-refractivity contribution in [2.75, 3.05) is 5.88 Å². The summed E-state index contributed by atoms with van der Waals surface area (Å²) in [4.78, 5) is 30.1. The quantitative estimate of drug-likeness (QED) is 0.430. The number of rotatable bonds is 4. The van der Waals surface area contributed by atoms with Gasteiger partial charge in [0.1, 0.15) is 22.7 Å². The first-order chi connectivity index (χ1) is 15.3. The fourth-order valence-corrected chi connectivity index (χ4v) is 4.94. The second kappa shape index (κ2) is 9.01. The molecule has 2 aromatic heterocycles. The van der Waals surface area contributed by atoms with E-state index >= 15 is 0 Å². The number of benzene rings is 1. The average Bonchev–Trinajstić information content (AvgIpc) is 3.25. The van der Waals surface area contributed by atoms with Gasteiger partial charge in [-0.3, -0.25) is 30.0 Å². The number of alkyl halides is 1. The second-order valence-corrected chi connectivity index (χ2v) is 9.25. The van der Waals surface area contributed by atoms with Gasteiger partial charge in [-0.25, -0.2) is 0 Å². The Morgan fingerprint density at radius 1 is 1.09 bits per heavy atom. The zero-order valence-electron chi connectivity index (χ0n) is 17.6. The van der Waals surface area contributed by atoms with Gasteiger partial charge in [0.2, 0.25) is 5.91 Å². The van der Waals surface area contributed by atoms with E-state index in [1.165, 1.54) is 0 Å². The molecular formula is C21H20Cl2N6O2S. The van der Waals surface area contributed by atoms with Crippen LogP contribution in [0.1, 0.15) is 45.7 Å². The predicted molar refractivity (Wildman–Crippen MR) is 125 cm³/mol. The summed E-state index contributed by atoms with van der Waals surface area (Å²) in [5.74, 6) is 0.0924. The summed E-state index contributed by atoms with van der Waals surface area (Å²) in [6, 6.07) is 6.83. The Kier molecular flexibility index (Phi) is 6.32. The maximum absolute atomic E-state index is 12.6. The van der Waals surface area contributed by atoms with E-state index in [4.69, 9.17) is 28.2 Å². The van der Waals surface area contributed by atoms with Crippen LogP contribution < -0.4 is 10.9 Å². The molecule has 0 radical (unpaired) electrons. The van der Waals surface area contributed by atoms with Crippen LogP contribution in [-0.4, -0.2) is 38.2 Å². The molecule has 1 aliphatic rings. The minimum atomic E-state index is -0.617. The van der Waals surface area contributed by atoms with Gasteiger partial charge < -0.3 is 0 Å². The molecule has 0 unspecified atom stereocenters. The Balaban J connectivity index is 1.83. The lowest BCUT2D eigenvalue weighted by atomic mass is 9.99. The largest absolute Gasteiger partial charge is 0.273 e. The number of halogens is 2. The standard InChI is InChI=1S/C21H20Cl2N6O2S/c1-10-11(2)32-21-18(10)19(13-4-6-14(23)7-5-13)24-15(20-28-25-12(3)29(20)21)8-16(30)26-27-17(31)9-22/h4-7,15H,8-9H2,1-3H3,(H,26,30)(H,27,31)/t15-/m0/s1. The molecule has 0 spiro atoms. The number of nitrogens with zero attached hydrogens (tertiary/aromatic N) is 4. The molecule has 1 atom stereocenters. The lowest BCUT2D eigenvalue weighted by Crippen LogP contribution is -2.42. The molecule has 4 rings (SSSR count). The Labute approximate surface area is 198 Å². The van der Waals surface area contributed by atoms with Gasteiger partial charge in [0.15, 0.2) is 5.82 Å².